The zero-order valence-corrected chi connectivity index (χ0v) is 9.44. The van der Waals surface area contributed by atoms with Gasteiger partial charge in [-0.05, 0) is 24.6 Å². The Kier molecular flexibility index (Phi) is 2.84. The molecule has 3 heteroatoms. The van der Waals surface area contributed by atoms with Crippen molar-refractivity contribution in [1.29, 1.82) is 0 Å². The highest BCUT2D eigenvalue weighted by atomic mass is 35.5. The van der Waals surface area contributed by atoms with Crippen molar-refractivity contribution >= 4 is 29.1 Å². The molecule has 2 atom stereocenters. The van der Waals surface area contributed by atoms with Gasteiger partial charge in [0, 0.05) is 16.7 Å². The van der Waals surface area contributed by atoms with E-state index in [-0.39, 0.29) is 5.25 Å². The Balaban J connectivity index is 2.17. The molecule has 1 saturated heterocycles. The Morgan fingerprint density at radius 1 is 1.36 bits per heavy atom. The summed E-state index contributed by atoms with van der Waals surface area (Å²) in [4.78, 5) is 11.4. The number of Topliss-reactive ketones (excluding diaryl/α,β-unsaturated/α-hetero) is 1. The third-order valence-corrected chi connectivity index (χ3v) is 4.14. The summed E-state index contributed by atoms with van der Waals surface area (Å²) < 4.78 is 0. The zero-order valence-electron chi connectivity index (χ0n) is 7.87. The van der Waals surface area contributed by atoms with Crippen molar-refractivity contribution in [1.82, 2.24) is 0 Å². The Bertz CT molecular complexity index is 347. The molecule has 0 aromatic heterocycles. The average molecular weight is 227 g/mol. The Hall–Kier alpha value is -0.470. The van der Waals surface area contributed by atoms with Crippen molar-refractivity contribution < 1.29 is 4.79 Å². The predicted molar refractivity (Wildman–Crippen MR) is 60.9 cm³/mol. The first-order valence-electron chi connectivity index (χ1n) is 4.60. The first kappa shape index (κ1) is 10.1. The quantitative estimate of drug-likeness (QED) is 0.730. The fourth-order valence-corrected chi connectivity index (χ4v) is 3.03. The number of rotatable bonds is 1. The molecule has 1 aliphatic heterocycles. The van der Waals surface area contributed by atoms with Gasteiger partial charge in [0.25, 0.3) is 0 Å². The molecule has 1 aliphatic rings. The molecule has 1 heterocycles. The van der Waals surface area contributed by atoms with Gasteiger partial charge in [0.05, 0.1) is 5.25 Å². The summed E-state index contributed by atoms with van der Waals surface area (Å²) in [5, 5.41) is 1.22. The number of benzene rings is 1. The second kappa shape index (κ2) is 3.95. The van der Waals surface area contributed by atoms with Crippen molar-refractivity contribution in [3.8, 4) is 0 Å². The van der Waals surface area contributed by atoms with Crippen LogP contribution in [0, 0.1) is 0 Å². The van der Waals surface area contributed by atoms with Gasteiger partial charge in [-0.15, -0.1) is 11.8 Å². The fourth-order valence-electron chi connectivity index (χ4n) is 1.59. The minimum Gasteiger partial charge on any atom is -0.298 e. The predicted octanol–water partition coefficient (Wildman–Crippen LogP) is 3.48. The van der Waals surface area contributed by atoms with E-state index in [4.69, 9.17) is 11.6 Å². The van der Waals surface area contributed by atoms with E-state index in [1.165, 1.54) is 5.56 Å². The van der Waals surface area contributed by atoms with Crippen LogP contribution in [-0.2, 0) is 4.79 Å². The lowest BCUT2D eigenvalue weighted by molar-refractivity contribution is -0.117. The number of carbonyl (C=O) groups excluding carboxylic acids is 1. The normalized spacial score (nSPS) is 26.9. The molecule has 14 heavy (non-hydrogen) atoms. The summed E-state index contributed by atoms with van der Waals surface area (Å²) in [5.74, 6) is 0.356. The van der Waals surface area contributed by atoms with E-state index in [0.29, 0.717) is 17.5 Å². The molecule has 1 aromatic rings. The van der Waals surface area contributed by atoms with Crippen LogP contribution in [0.5, 0.6) is 0 Å². The van der Waals surface area contributed by atoms with Gasteiger partial charge in [0.1, 0.15) is 5.78 Å². The maximum atomic E-state index is 11.4. The summed E-state index contributed by atoms with van der Waals surface area (Å²) in [7, 11) is 0. The molecule has 0 radical (unpaired) electrons. The maximum absolute atomic E-state index is 11.4. The molecular weight excluding hydrogens is 216 g/mol. The summed E-state index contributed by atoms with van der Waals surface area (Å²) in [6.07, 6.45) is 0.660. The molecule has 2 unspecified atom stereocenters. The highest BCUT2D eigenvalue weighted by Gasteiger charge is 2.30. The molecule has 0 saturated carbocycles. The Morgan fingerprint density at radius 2 is 2.00 bits per heavy atom. The van der Waals surface area contributed by atoms with E-state index in [1.807, 2.05) is 31.2 Å². The lowest BCUT2D eigenvalue weighted by atomic mass is 10.1. The number of carbonyl (C=O) groups is 1. The molecule has 0 spiro atoms. The molecule has 2 rings (SSSR count). The van der Waals surface area contributed by atoms with E-state index in [9.17, 15) is 4.79 Å². The van der Waals surface area contributed by atoms with Gasteiger partial charge in [-0.25, -0.2) is 0 Å². The molecule has 74 valence electrons. The summed E-state index contributed by atoms with van der Waals surface area (Å²) >= 11 is 7.54. The lowest BCUT2D eigenvalue weighted by Crippen LogP contribution is -2.03. The van der Waals surface area contributed by atoms with Crippen LogP contribution in [0.4, 0.5) is 0 Å². The van der Waals surface area contributed by atoms with Crippen LogP contribution in [0.1, 0.15) is 24.2 Å². The van der Waals surface area contributed by atoms with E-state index in [2.05, 4.69) is 0 Å². The summed E-state index contributed by atoms with van der Waals surface area (Å²) in [6.45, 7) is 1.98. The fraction of sp³-hybridized carbons (Fsp3) is 0.364. The van der Waals surface area contributed by atoms with Crippen molar-refractivity contribution in [3.05, 3.63) is 34.9 Å². The monoisotopic (exact) mass is 226 g/mol. The number of halogens is 1. The van der Waals surface area contributed by atoms with Gasteiger partial charge >= 0.3 is 0 Å². The van der Waals surface area contributed by atoms with Crippen LogP contribution in [0.25, 0.3) is 0 Å². The van der Waals surface area contributed by atoms with Gasteiger partial charge in [-0.1, -0.05) is 23.7 Å². The van der Waals surface area contributed by atoms with Crippen molar-refractivity contribution in [2.24, 2.45) is 0 Å². The average Bonchev–Trinajstić information content (AvgIpc) is 2.48. The van der Waals surface area contributed by atoms with Gasteiger partial charge in [-0.3, -0.25) is 4.79 Å². The van der Waals surface area contributed by atoms with Crippen LogP contribution < -0.4 is 0 Å². The topological polar surface area (TPSA) is 17.1 Å². The lowest BCUT2D eigenvalue weighted by Gasteiger charge is -2.07. The van der Waals surface area contributed by atoms with E-state index < -0.39 is 0 Å². The van der Waals surface area contributed by atoms with Gasteiger partial charge < -0.3 is 0 Å². The SMILES string of the molecule is CC1SC(c2ccc(Cl)cc2)CC1=O. The number of hydrogen-bond acceptors (Lipinski definition) is 2. The second-order valence-corrected chi connectivity index (χ2v) is 5.47. The number of ketones is 1. The van der Waals surface area contributed by atoms with Crippen LogP contribution in [0.3, 0.4) is 0 Å². The molecule has 0 amide bonds. The molecule has 1 fully saturated rings. The Labute approximate surface area is 92.8 Å². The van der Waals surface area contributed by atoms with Gasteiger partial charge in [0.2, 0.25) is 0 Å². The molecule has 0 aliphatic carbocycles. The smallest absolute Gasteiger partial charge is 0.147 e. The van der Waals surface area contributed by atoms with E-state index >= 15 is 0 Å². The largest absolute Gasteiger partial charge is 0.298 e. The van der Waals surface area contributed by atoms with Gasteiger partial charge in [0.15, 0.2) is 0 Å². The molecular formula is C11H11ClOS. The molecule has 1 nitrogen and oxygen atoms in total. The van der Waals surface area contributed by atoms with Crippen molar-refractivity contribution in [2.45, 2.75) is 23.8 Å². The number of hydrogen-bond donors (Lipinski definition) is 0. The Morgan fingerprint density at radius 3 is 2.50 bits per heavy atom. The second-order valence-electron chi connectivity index (χ2n) is 3.49. The van der Waals surface area contributed by atoms with Crippen LogP contribution in [-0.4, -0.2) is 11.0 Å². The highest BCUT2D eigenvalue weighted by Crippen LogP contribution is 2.42. The van der Waals surface area contributed by atoms with E-state index in [1.54, 1.807) is 11.8 Å². The van der Waals surface area contributed by atoms with Crippen molar-refractivity contribution in [3.63, 3.8) is 0 Å². The third kappa shape index (κ3) is 1.96. The van der Waals surface area contributed by atoms with Crippen molar-refractivity contribution in [2.75, 3.05) is 0 Å². The standard InChI is InChI=1S/C11H11ClOS/c1-7-10(13)6-11(14-7)8-2-4-9(12)5-3-8/h2-5,7,11H,6H2,1H3. The number of thioether (sulfide) groups is 1. The first-order chi connectivity index (χ1) is 6.66. The summed E-state index contributed by atoms with van der Waals surface area (Å²) in [5.41, 5.74) is 1.21. The maximum Gasteiger partial charge on any atom is 0.147 e. The van der Waals surface area contributed by atoms with Crippen LogP contribution >= 0.6 is 23.4 Å². The first-order valence-corrected chi connectivity index (χ1v) is 5.92. The van der Waals surface area contributed by atoms with Crippen LogP contribution in [0.15, 0.2) is 24.3 Å². The highest BCUT2D eigenvalue weighted by molar-refractivity contribution is 8.01. The molecule has 0 bridgehead atoms. The summed E-state index contributed by atoms with van der Waals surface area (Å²) in [6, 6.07) is 7.77. The third-order valence-electron chi connectivity index (χ3n) is 2.45. The van der Waals surface area contributed by atoms with E-state index in [0.717, 1.165) is 5.02 Å². The van der Waals surface area contributed by atoms with Crippen LogP contribution in [0.2, 0.25) is 5.02 Å². The minimum atomic E-state index is 0.149. The zero-order chi connectivity index (χ0) is 10.1. The minimum absolute atomic E-state index is 0.149. The molecule has 0 N–H and O–H groups in total. The molecule has 1 aromatic carbocycles. The van der Waals surface area contributed by atoms with Gasteiger partial charge in [-0.2, -0.15) is 0 Å².